The molecule has 0 fully saturated rings. The van der Waals surface area contributed by atoms with Crippen molar-refractivity contribution in [1.82, 2.24) is 25.1 Å². The lowest BCUT2D eigenvalue weighted by atomic mass is 10.1. The number of aryl methyl sites for hydroxylation is 1. The van der Waals surface area contributed by atoms with Crippen molar-refractivity contribution in [3.8, 4) is 11.6 Å². The van der Waals surface area contributed by atoms with Crippen LogP contribution in [0.4, 0.5) is 11.4 Å². The lowest BCUT2D eigenvalue weighted by Crippen LogP contribution is -1.96. The number of anilines is 2. The molecular formula is C21H16ClN9O. The second-order valence-electron chi connectivity index (χ2n) is 6.95. The first-order valence-corrected chi connectivity index (χ1v) is 10.2. The van der Waals surface area contributed by atoms with Crippen molar-refractivity contribution in [1.29, 1.82) is 0 Å². The quantitative estimate of drug-likeness (QED) is 0.140. The zero-order valence-electron chi connectivity index (χ0n) is 16.7. The Labute approximate surface area is 186 Å². The summed E-state index contributed by atoms with van der Waals surface area (Å²) in [6.07, 6.45) is 8.01. The highest BCUT2D eigenvalue weighted by atomic mass is 35.5. The van der Waals surface area contributed by atoms with E-state index < -0.39 is 0 Å². The van der Waals surface area contributed by atoms with Crippen LogP contribution in [0, 0.1) is 0 Å². The molecule has 0 aliphatic carbocycles. The Balaban J connectivity index is 1.63. The predicted molar refractivity (Wildman–Crippen MR) is 122 cm³/mol. The number of halogens is 1. The number of pyridine rings is 1. The van der Waals surface area contributed by atoms with Gasteiger partial charge in [0.05, 0.1) is 22.6 Å². The smallest absolute Gasteiger partial charge is 0.197 e. The van der Waals surface area contributed by atoms with E-state index in [1.54, 1.807) is 36.9 Å². The third kappa shape index (κ3) is 3.58. The molecule has 32 heavy (non-hydrogen) atoms. The fourth-order valence-electron chi connectivity index (χ4n) is 3.60. The second-order valence-corrected chi connectivity index (χ2v) is 7.36. The normalized spacial score (nSPS) is 11.0. The van der Waals surface area contributed by atoms with Crippen molar-refractivity contribution < 1.29 is 4.42 Å². The number of nitrogens with zero attached hydrogens (tertiary/aromatic N) is 7. The zero-order chi connectivity index (χ0) is 21.9. The molecule has 2 N–H and O–H groups in total. The molecular weight excluding hydrogens is 430 g/mol. The van der Waals surface area contributed by atoms with Crippen LogP contribution in [0.25, 0.3) is 43.9 Å². The van der Waals surface area contributed by atoms with Crippen molar-refractivity contribution in [3.63, 3.8) is 0 Å². The molecule has 5 rings (SSSR count). The van der Waals surface area contributed by atoms with Crippen LogP contribution in [-0.2, 0) is 6.42 Å². The van der Waals surface area contributed by atoms with Crippen LogP contribution in [0.1, 0.15) is 12.1 Å². The molecule has 10 nitrogen and oxygen atoms in total. The fraction of sp³-hybridized carbons (Fsp3) is 0.143. The number of rotatable bonds is 7. The molecule has 0 amide bonds. The Morgan fingerprint density at radius 3 is 2.91 bits per heavy atom. The number of hydrogen-bond acceptors (Lipinski definition) is 7. The van der Waals surface area contributed by atoms with E-state index in [4.69, 9.17) is 21.5 Å². The molecule has 0 radical (unpaired) electrons. The first-order chi connectivity index (χ1) is 15.8. The van der Waals surface area contributed by atoms with Gasteiger partial charge in [0.2, 0.25) is 0 Å². The highest BCUT2D eigenvalue weighted by Gasteiger charge is 2.21. The van der Waals surface area contributed by atoms with Gasteiger partial charge >= 0.3 is 0 Å². The Kier molecular flexibility index (Phi) is 5.29. The van der Waals surface area contributed by atoms with Gasteiger partial charge in [-0.05, 0) is 42.6 Å². The highest BCUT2D eigenvalue weighted by Crippen LogP contribution is 2.40. The monoisotopic (exact) mass is 445 g/mol. The molecule has 4 heterocycles. The minimum Gasteiger partial charge on any atom is -0.449 e. The van der Waals surface area contributed by atoms with Crippen molar-refractivity contribution >= 4 is 44.8 Å². The number of benzene rings is 1. The Hall–Kier alpha value is -4.14. The first-order valence-electron chi connectivity index (χ1n) is 9.83. The van der Waals surface area contributed by atoms with Crippen LogP contribution in [-0.4, -0.2) is 31.7 Å². The maximum Gasteiger partial charge on any atom is 0.197 e. The van der Waals surface area contributed by atoms with Crippen LogP contribution < -0.4 is 5.32 Å². The van der Waals surface area contributed by atoms with Crippen molar-refractivity contribution in [2.45, 2.75) is 12.8 Å². The number of nitrogens with one attached hydrogen (secondary N) is 2. The summed E-state index contributed by atoms with van der Waals surface area (Å²) in [5, 5.41) is 16.8. The minimum absolute atomic E-state index is 0.398. The van der Waals surface area contributed by atoms with Crippen molar-refractivity contribution in [2.75, 3.05) is 11.9 Å². The van der Waals surface area contributed by atoms with Gasteiger partial charge in [0, 0.05) is 46.5 Å². The summed E-state index contributed by atoms with van der Waals surface area (Å²) in [6.45, 7) is 0.398. The number of aromatic nitrogens is 5. The van der Waals surface area contributed by atoms with Crippen LogP contribution in [0.5, 0.6) is 0 Å². The SMILES string of the molecule is [N-]=[N+]=NCCCc1[nH]nc2c(Cl)ccc(Nc3c(-c4ncccn4)oc4cnccc34)c12. The van der Waals surface area contributed by atoms with Crippen LogP contribution in [0.3, 0.4) is 0 Å². The van der Waals surface area contributed by atoms with Gasteiger partial charge in [0.15, 0.2) is 17.2 Å². The topological polar surface area (TPSA) is 141 Å². The third-order valence-electron chi connectivity index (χ3n) is 5.00. The molecule has 0 atom stereocenters. The van der Waals surface area contributed by atoms with Crippen LogP contribution >= 0.6 is 11.6 Å². The molecule has 0 bridgehead atoms. The molecule has 4 aromatic heterocycles. The molecule has 158 valence electrons. The van der Waals surface area contributed by atoms with Crippen LogP contribution in [0.15, 0.2) is 58.6 Å². The van der Waals surface area contributed by atoms with Gasteiger partial charge in [0.1, 0.15) is 5.52 Å². The van der Waals surface area contributed by atoms with E-state index in [1.807, 2.05) is 12.1 Å². The van der Waals surface area contributed by atoms with E-state index in [2.05, 4.69) is 40.5 Å². The molecule has 0 saturated carbocycles. The van der Waals surface area contributed by atoms with Crippen molar-refractivity contribution in [2.24, 2.45) is 5.11 Å². The molecule has 0 saturated heterocycles. The average Bonchev–Trinajstić information content (AvgIpc) is 3.42. The molecule has 11 heteroatoms. The van der Waals surface area contributed by atoms with Gasteiger partial charge in [-0.2, -0.15) is 5.10 Å². The number of azide groups is 1. The summed E-state index contributed by atoms with van der Waals surface area (Å²) in [7, 11) is 0. The number of hydrogen-bond donors (Lipinski definition) is 2. The van der Waals surface area contributed by atoms with E-state index in [1.165, 1.54) is 0 Å². The van der Waals surface area contributed by atoms with E-state index in [-0.39, 0.29) is 0 Å². The molecule has 1 aromatic carbocycles. The Morgan fingerprint density at radius 2 is 2.06 bits per heavy atom. The number of furan rings is 1. The third-order valence-corrected chi connectivity index (χ3v) is 5.31. The Bertz CT molecular complexity index is 1450. The largest absolute Gasteiger partial charge is 0.449 e. The highest BCUT2D eigenvalue weighted by molar-refractivity contribution is 6.35. The predicted octanol–water partition coefficient (Wildman–Crippen LogP) is 5.80. The lowest BCUT2D eigenvalue weighted by molar-refractivity contribution is 0.624. The van der Waals surface area contributed by atoms with E-state index in [0.717, 1.165) is 27.8 Å². The summed E-state index contributed by atoms with van der Waals surface area (Å²) < 4.78 is 6.05. The maximum absolute atomic E-state index is 8.51. The number of aromatic amines is 1. The molecule has 0 aliphatic rings. The van der Waals surface area contributed by atoms with Gasteiger partial charge in [-0.25, -0.2) is 9.97 Å². The summed E-state index contributed by atoms with van der Waals surface area (Å²) in [4.78, 5) is 15.6. The lowest BCUT2D eigenvalue weighted by Gasteiger charge is -2.10. The molecule has 0 unspecified atom stereocenters. The maximum atomic E-state index is 8.51. The number of fused-ring (bicyclic) bond motifs is 2. The molecule has 5 aromatic rings. The van der Waals surface area contributed by atoms with E-state index >= 15 is 0 Å². The molecule has 0 spiro atoms. The van der Waals surface area contributed by atoms with E-state index in [0.29, 0.717) is 47.1 Å². The van der Waals surface area contributed by atoms with Crippen molar-refractivity contribution in [3.05, 3.63) is 70.2 Å². The molecule has 0 aliphatic heterocycles. The minimum atomic E-state index is 0.398. The number of H-pyrrole nitrogens is 1. The van der Waals surface area contributed by atoms with Gasteiger partial charge in [-0.15, -0.1) is 0 Å². The average molecular weight is 446 g/mol. The summed E-state index contributed by atoms with van der Waals surface area (Å²) in [6, 6.07) is 7.31. The fourth-order valence-corrected chi connectivity index (χ4v) is 3.80. The standard InChI is InChI=1S/C21H16ClN9O/c22-13-4-5-14(17-15(29-30-19(13)17)3-1-9-27-31-23)28-18-12-6-10-24-11-16(12)32-20(18)21-25-7-2-8-26-21/h2,4-8,10-11,28H,1,3,9H2,(H,29,30). The van der Waals surface area contributed by atoms with E-state index in [9.17, 15) is 0 Å². The van der Waals surface area contributed by atoms with Gasteiger partial charge < -0.3 is 9.73 Å². The van der Waals surface area contributed by atoms with Crippen LogP contribution in [0.2, 0.25) is 5.02 Å². The first kappa shape index (κ1) is 19.8. The Morgan fingerprint density at radius 1 is 1.19 bits per heavy atom. The van der Waals surface area contributed by atoms with Gasteiger partial charge in [-0.3, -0.25) is 10.1 Å². The summed E-state index contributed by atoms with van der Waals surface area (Å²) in [5.74, 6) is 0.961. The summed E-state index contributed by atoms with van der Waals surface area (Å²) in [5.41, 5.74) is 12.2. The summed E-state index contributed by atoms with van der Waals surface area (Å²) >= 11 is 6.41. The zero-order valence-corrected chi connectivity index (χ0v) is 17.4. The van der Waals surface area contributed by atoms with Gasteiger partial charge in [-0.1, -0.05) is 16.7 Å². The second kappa shape index (κ2) is 8.54. The van der Waals surface area contributed by atoms with Gasteiger partial charge in [0.25, 0.3) is 0 Å².